The number of nitrogens with zero attached hydrogens (tertiary/aromatic N) is 5. The van der Waals surface area contributed by atoms with Crippen LogP contribution in [-0.2, 0) is 10.2 Å². The molecular formula is C26H22ClF2N5O2. The van der Waals surface area contributed by atoms with Gasteiger partial charge in [0.1, 0.15) is 17.7 Å². The number of morpholine rings is 1. The number of rotatable bonds is 5. The first-order valence-electron chi connectivity index (χ1n) is 11.7. The molecular weight excluding hydrogens is 488 g/mol. The largest absolute Gasteiger partial charge is 0.480 e. The first kappa shape index (κ1) is 23.0. The summed E-state index contributed by atoms with van der Waals surface area (Å²) in [6.45, 7) is 2.24. The van der Waals surface area contributed by atoms with Gasteiger partial charge in [0.2, 0.25) is 5.88 Å². The van der Waals surface area contributed by atoms with Crippen LogP contribution < -0.4 is 9.64 Å². The fraction of sp³-hybridized carbons (Fsp3) is 0.308. The van der Waals surface area contributed by atoms with E-state index >= 15 is 8.78 Å². The number of methoxy groups -OCH3 is 1. The van der Waals surface area contributed by atoms with E-state index < -0.39 is 17.0 Å². The Morgan fingerprint density at radius 3 is 2.53 bits per heavy atom. The first-order valence-corrected chi connectivity index (χ1v) is 12.0. The van der Waals surface area contributed by atoms with E-state index in [1.165, 1.54) is 19.5 Å². The van der Waals surface area contributed by atoms with Gasteiger partial charge in [0.05, 0.1) is 37.4 Å². The minimum atomic E-state index is -0.543. The predicted octanol–water partition coefficient (Wildman–Crippen LogP) is 4.94. The van der Waals surface area contributed by atoms with E-state index in [9.17, 15) is 0 Å². The quantitative estimate of drug-likeness (QED) is 0.377. The minimum Gasteiger partial charge on any atom is -0.480 e. The number of halogens is 3. The van der Waals surface area contributed by atoms with Crippen molar-refractivity contribution in [2.75, 3.05) is 38.3 Å². The molecule has 7 nitrogen and oxygen atoms in total. The number of aromatic nitrogens is 4. The number of fused-ring (bicyclic) bond motifs is 1. The van der Waals surface area contributed by atoms with Gasteiger partial charge >= 0.3 is 0 Å². The third-order valence-electron chi connectivity index (χ3n) is 6.99. The van der Waals surface area contributed by atoms with Crippen LogP contribution in [0, 0.1) is 11.6 Å². The molecule has 0 amide bonds. The molecule has 3 heterocycles. The summed E-state index contributed by atoms with van der Waals surface area (Å²) in [4.78, 5) is 10.5. The molecule has 0 atom stereocenters. The van der Waals surface area contributed by atoms with Gasteiger partial charge in [0, 0.05) is 40.5 Å². The van der Waals surface area contributed by atoms with Crippen LogP contribution in [0.2, 0.25) is 5.02 Å². The lowest BCUT2D eigenvalue weighted by Gasteiger charge is -2.29. The third-order valence-corrected chi connectivity index (χ3v) is 7.31. The predicted molar refractivity (Wildman–Crippen MR) is 132 cm³/mol. The van der Waals surface area contributed by atoms with E-state index in [4.69, 9.17) is 21.1 Å². The second-order valence-electron chi connectivity index (χ2n) is 8.97. The van der Waals surface area contributed by atoms with Gasteiger partial charge in [-0.05, 0) is 48.7 Å². The monoisotopic (exact) mass is 509 g/mol. The van der Waals surface area contributed by atoms with Crippen molar-refractivity contribution < 1.29 is 18.3 Å². The van der Waals surface area contributed by atoms with Crippen LogP contribution in [0.15, 0.2) is 42.7 Å². The minimum absolute atomic E-state index is 0.141. The molecule has 0 unspecified atom stereocenters. The molecule has 2 aromatic carbocycles. The number of ether oxygens (including phenoxy) is 2. The Kier molecular flexibility index (Phi) is 5.69. The molecule has 0 spiro atoms. The van der Waals surface area contributed by atoms with Gasteiger partial charge in [-0.25, -0.2) is 18.7 Å². The van der Waals surface area contributed by atoms with Crippen molar-refractivity contribution >= 4 is 28.2 Å². The van der Waals surface area contributed by atoms with Crippen LogP contribution in [0.1, 0.15) is 24.1 Å². The number of hydrogen-bond acceptors (Lipinski definition) is 7. The zero-order valence-corrected chi connectivity index (χ0v) is 20.2. The molecule has 1 aliphatic carbocycles. The Bertz CT molecular complexity index is 1460. The maximum atomic E-state index is 15.6. The molecule has 0 N–H and O–H groups in total. The van der Waals surface area contributed by atoms with Gasteiger partial charge in [0.25, 0.3) is 0 Å². The highest BCUT2D eigenvalue weighted by Crippen LogP contribution is 2.55. The Balaban J connectivity index is 1.46. The smallest absolute Gasteiger partial charge is 0.233 e. The van der Waals surface area contributed by atoms with Gasteiger partial charge in [-0.2, -0.15) is 5.10 Å². The summed E-state index contributed by atoms with van der Waals surface area (Å²) in [7, 11) is 1.53. The van der Waals surface area contributed by atoms with Crippen molar-refractivity contribution in [3.8, 4) is 17.1 Å². The Labute approximate surface area is 211 Å². The molecule has 1 saturated heterocycles. The molecule has 2 fully saturated rings. The van der Waals surface area contributed by atoms with Gasteiger partial charge in [-0.1, -0.05) is 11.6 Å². The van der Waals surface area contributed by atoms with Crippen LogP contribution >= 0.6 is 11.6 Å². The number of hydrogen-bond donors (Lipinski definition) is 0. The highest BCUT2D eigenvalue weighted by molar-refractivity contribution is 6.31. The molecule has 10 heteroatoms. The summed E-state index contributed by atoms with van der Waals surface area (Å²) < 4.78 is 41.4. The molecule has 0 radical (unpaired) electrons. The van der Waals surface area contributed by atoms with E-state index in [1.54, 1.807) is 24.3 Å². The van der Waals surface area contributed by atoms with Gasteiger partial charge in [-0.3, -0.25) is 0 Å². The molecule has 4 aromatic rings. The zero-order chi connectivity index (χ0) is 24.9. The SMILES string of the molecule is COc1ccc(C2(c3cc(-c4ncnc5c(F)c(N6CCOCC6)ccc45)c(F)cc3Cl)CC2)nn1. The zero-order valence-electron chi connectivity index (χ0n) is 19.5. The van der Waals surface area contributed by atoms with Crippen LogP contribution in [0.5, 0.6) is 5.88 Å². The van der Waals surface area contributed by atoms with Crippen molar-refractivity contribution in [3.63, 3.8) is 0 Å². The second kappa shape index (κ2) is 8.90. The van der Waals surface area contributed by atoms with E-state index in [2.05, 4.69) is 20.2 Å². The van der Waals surface area contributed by atoms with Crippen LogP contribution in [0.3, 0.4) is 0 Å². The van der Waals surface area contributed by atoms with Crippen molar-refractivity contribution in [3.05, 3.63) is 70.6 Å². The van der Waals surface area contributed by atoms with Crippen LogP contribution in [-0.4, -0.2) is 53.6 Å². The lowest BCUT2D eigenvalue weighted by Crippen LogP contribution is -2.36. The van der Waals surface area contributed by atoms with E-state index in [1.807, 2.05) is 11.0 Å². The first-order chi connectivity index (χ1) is 17.5. The van der Waals surface area contributed by atoms with Crippen molar-refractivity contribution in [2.24, 2.45) is 0 Å². The van der Waals surface area contributed by atoms with Crippen LogP contribution in [0.4, 0.5) is 14.5 Å². The summed E-state index contributed by atoms with van der Waals surface area (Å²) >= 11 is 6.55. The maximum Gasteiger partial charge on any atom is 0.233 e. The van der Waals surface area contributed by atoms with Gasteiger partial charge < -0.3 is 14.4 Å². The average Bonchev–Trinajstić information content (AvgIpc) is 3.71. The molecule has 2 aliphatic rings. The number of benzene rings is 2. The summed E-state index contributed by atoms with van der Waals surface area (Å²) in [6, 6.07) is 10.0. The lowest BCUT2D eigenvalue weighted by atomic mass is 9.89. The second-order valence-corrected chi connectivity index (χ2v) is 9.38. The molecule has 1 aliphatic heterocycles. The highest BCUT2D eigenvalue weighted by atomic mass is 35.5. The average molecular weight is 510 g/mol. The summed E-state index contributed by atoms with van der Waals surface area (Å²) in [5, 5.41) is 9.14. The summed E-state index contributed by atoms with van der Waals surface area (Å²) in [5.74, 6) is -0.593. The lowest BCUT2D eigenvalue weighted by molar-refractivity contribution is 0.122. The topological polar surface area (TPSA) is 73.3 Å². The Morgan fingerprint density at radius 1 is 1.03 bits per heavy atom. The molecule has 0 bridgehead atoms. The Hall–Kier alpha value is -3.43. The van der Waals surface area contributed by atoms with E-state index in [-0.39, 0.29) is 11.1 Å². The van der Waals surface area contributed by atoms with E-state index in [0.717, 1.165) is 24.1 Å². The molecule has 6 rings (SSSR count). The maximum absolute atomic E-state index is 15.6. The Morgan fingerprint density at radius 2 is 1.83 bits per heavy atom. The molecule has 36 heavy (non-hydrogen) atoms. The fourth-order valence-corrected chi connectivity index (χ4v) is 5.25. The highest BCUT2D eigenvalue weighted by Gasteiger charge is 2.49. The molecule has 2 aromatic heterocycles. The van der Waals surface area contributed by atoms with Gasteiger partial charge in [0.15, 0.2) is 5.82 Å². The standard InChI is InChI=1S/C26H22ClF2N5O2/c1-35-22-5-4-21(32-33-22)26(6-7-26)17-12-16(19(28)13-18(17)27)24-15-2-3-20(34-8-10-36-11-9-34)23(29)25(15)31-14-30-24/h2-5,12-14H,6-11H2,1H3. The summed E-state index contributed by atoms with van der Waals surface area (Å²) in [6.07, 6.45) is 2.85. The van der Waals surface area contributed by atoms with Crippen molar-refractivity contribution in [2.45, 2.75) is 18.3 Å². The molecule has 1 saturated carbocycles. The van der Waals surface area contributed by atoms with E-state index in [0.29, 0.717) is 54.0 Å². The van der Waals surface area contributed by atoms with Crippen molar-refractivity contribution in [1.29, 1.82) is 0 Å². The normalized spacial score (nSPS) is 16.8. The molecule has 184 valence electrons. The van der Waals surface area contributed by atoms with Crippen LogP contribution in [0.25, 0.3) is 22.2 Å². The number of anilines is 1. The summed E-state index contributed by atoms with van der Waals surface area (Å²) in [5.41, 5.74) is 2.11. The fourth-order valence-electron chi connectivity index (χ4n) is 4.92. The van der Waals surface area contributed by atoms with Crippen molar-refractivity contribution in [1.82, 2.24) is 20.2 Å². The third kappa shape index (κ3) is 3.74. The van der Waals surface area contributed by atoms with Gasteiger partial charge in [-0.15, -0.1) is 5.10 Å².